The monoisotopic (exact) mass is 201 g/mol. The molecule has 3 nitrogen and oxygen atoms in total. The first-order valence-electron chi connectivity index (χ1n) is 4.06. The van der Waals surface area contributed by atoms with E-state index in [2.05, 4.69) is 11.9 Å². The van der Waals surface area contributed by atoms with Gasteiger partial charge in [0.2, 0.25) is 0 Å². The molecule has 0 saturated carbocycles. The zero-order valence-corrected chi connectivity index (χ0v) is 8.35. The summed E-state index contributed by atoms with van der Waals surface area (Å²) >= 11 is 1.80. The van der Waals surface area contributed by atoms with Crippen molar-refractivity contribution < 1.29 is 9.90 Å². The zero-order valence-electron chi connectivity index (χ0n) is 7.53. The van der Waals surface area contributed by atoms with Crippen molar-refractivity contribution in [3.63, 3.8) is 0 Å². The van der Waals surface area contributed by atoms with Crippen LogP contribution in [0.4, 0.5) is 0 Å². The summed E-state index contributed by atoms with van der Waals surface area (Å²) in [5.74, 6) is 1.09. The van der Waals surface area contributed by atoms with Crippen LogP contribution in [-0.2, 0) is 4.79 Å². The molecule has 0 aromatic carbocycles. The number of carbonyl (C=O) groups is 1. The Kier molecular flexibility index (Phi) is 8.82. The van der Waals surface area contributed by atoms with Gasteiger partial charge in [-0.15, -0.1) is 6.58 Å². The molecule has 0 aliphatic heterocycles. The number of carboxylic acid groups (broad SMARTS) is 1. The molecular formula is C9H15NO2S. The van der Waals surface area contributed by atoms with E-state index < -0.39 is 5.97 Å². The maximum Gasteiger partial charge on any atom is 0.328 e. The van der Waals surface area contributed by atoms with E-state index in [0.29, 0.717) is 6.54 Å². The Labute approximate surface area is 82.9 Å². The van der Waals surface area contributed by atoms with Gasteiger partial charge >= 0.3 is 5.97 Å². The lowest BCUT2D eigenvalue weighted by molar-refractivity contribution is -0.131. The molecule has 13 heavy (non-hydrogen) atoms. The summed E-state index contributed by atoms with van der Waals surface area (Å²) in [4.78, 5) is 10.0. The van der Waals surface area contributed by atoms with Crippen LogP contribution in [0.2, 0.25) is 0 Å². The van der Waals surface area contributed by atoms with Gasteiger partial charge in [0.05, 0.1) is 0 Å². The number of hydrogen-bond acceptors (Lipinski definition) is 3. The minimum Gasteiger partial charge on any atom is -0.478 e. The summed E-state index contributed by atoms with van der Waals surface area (Å²) < 4.78 is 0. The Morgan fingerprint density at radius 3 is 3.00 bits per heavy atom. The van der Waals surface area contributed by atoms with E-state index in [0.717, 1.165) is 24.1 Å². The lowest BCUT2D eigenvalue weighted by Gasteiger charge is -1.99. The molecule has 2 N–H and O–H groups in total. The van der Waals surface area contributed by atoms with Gasteiger partial charge in [-0.25, -0.2) is 4.79 Å². The highest BCUT2D eigenvalue weighted by molar-refractivity contribution is 7.99. The van der Waals surface area contributed by atoms with Gasteiger partial charge in [0.1, 0.15) is 0 Å². The average Bonchev–Trinajstić information content (AvgIpc) is 2.09. The van der Waals surface area contributed by atoms with Gasteiger partial charge in [-0.1, -0.05) is 12.2 Å². The molecule has 0 aromatic rings. The van der Waals surface area contributed by atoms with E-state index in [1.54, 1.807) is 17.8 Å². The van der Waals surface area contributed by atoms with Crippen LogP contribution in [0.25, 0.3) is 0 Å². The smallest absolute Gasteiger partial charge is 0.328 e. The van der Waals surface area contributed by atoms with Crippen molar-refractivity contribution in [2.24, 2.45) is 0 Å². The number of thioether (sulfide) groups is 1. The van der Waals surface area contributed by atoms with Crippen molar-refractivity contribution in [1.29, 1.82) is 0 Å². The maximum absolute atomic E-state index is 10.0. The Morgan fingerprint density at radius 1 is 1.62 bits per heavy atom. The van der Waals surface area contributed by atoms with Crippen molar-refractivity contribution in [2.45, 2.75) is 0 Å². The van der Waals surface area contributed by atoms with Crippen molar-refractivity contribution in [2.75, 3.05) is 24.6 Å². The largest absolute Gasteiger partial charge is 0.478 e. The van der Waals surface area contributed by atoms with Crippen LogP contribution < -0.4 is 5.32 Å². The van der Waals surface area contributed by atoms with Crippen molar-refractivity contribution in [3.8, 4) is 0 Å². The van der Waals surface area contributed by atoms with Crippen LogP contribution in [-0.4, -0.2) is 35.7 Å². The molecule has 0 bridgehead atoms. The quantitative estimate of drug-likeness (QED) is 0.351. The van der Waals surface area contributed by atoms with Crippen LogP contribution in [0.5, 0.6) is 0 Å². The molecule has 0 aliphatic carbocycles. The fraction of sp³-hybridized carbons (Fsp3) is 0.444. The highest BCUT2D eigenvalue weighted by Gasteiger charge is 1.86. The number of carboxylic acids is 1. The highest BCUT2D eigenvalue weighted by Crippen LogP contribution is 1.96. The van der Waals surface area contributed by atoms with Crippen LogP contribution in [0, 0.1) is 0 Å². The van der Waals surface area contributed by atoms with Gasteiger partial charge in [-0.2, -0.15) is 11.8 Å². The van der Waals surface area contributed by atoms with Crippen LogP contribution in [0.3, 0.4) is 0 Å². The molecule has 0 rings (SSSR count). The predicted octanol–water partition coefficient (Wildman–Crippen LogP) is 1.14. The molecule has 0 saturated heterocycles. The second-order valence-corrected chi connectivity index (χ2v) is 3.46. The lowest BCUT2D eigenvalue weighted by atomic mass is 10.5. The minimum absolute atomic E-state index is 0.612. The lowest BCUT2D eigenvalue weighted by Crippen LogP contribution is -2.17. The van der Waals surface area contributed by atoms with Gasteiger partial charge in [0, 0.05) is 30.7 Å². The first-order valence-corrected chi connectivity index (χ1v) is 5.21. The molecule has 4 heteroatoms. The second kappa shape index (κ2) is 9.35. The average molecular weight is 201 g/mol. The number of rotatable bonds is 8. The highest BCUT2D eigenvalue weighted by atomic mass is 32.2. The van der Waals surface area contributed by atoms with Gasteiger partial charge in [0.15, 0.2) is 0 Å². The van der Waals surface area contributed by atoms with Crippen molar-refractivity contribution in [3.05, 3.63) is 24.8 Å². The van der Waals surface area contributed by atoms with E-state index in [1.165, 1.54) is 0 Å². The van der Waals surface area contributed by atoms with E-state index in [-0.39, 0.29) is 0 Å². The van der Waals surface area contributed by atoms with Crippen LogP contribution >= 0.6 is 11.8 Å². The second-order valence-electron chi connectivity index (χ2n) is 2.31. The van der Waals surface area contributed by atoms with E-state index >= 15 is 0 Å². The molecule has 0 aliphatic rings. The molecule has 0 atom stereocenters. The standard InChI is InChI=1S/C9H15NO2S/c1-2-7-13-8-6-10-5-3-4-9(11)12/h2-4,10H,1,5-8H2,(H,11,12)/b4-3+. The molecule has 0 spiro atoms. The first-order chi connectivity index (χ1) is 6.27. The summed E-state index contributed by atoms with van der Waals surface area (Å²) in [5, 5.41) is 11.4. The fourth-order valence-corrected chi connectivity index (χ4v) is 1.28. The molecule has 0 heterocycles. The Morgan fingerprint density at radius 2 is 2.38 bits per heavy atom. The van der Waals surface area contributed by atoms with E-state index in [1.807, 2.05) is 6.08 Å². The minimum atomic E-state index is -0.900. The topological polar surface area (TPSA) is 49.3 Å². The summed E-state index contributed by atoms with van der Waals surface area (Å²) in [6.45, 7) is 5.11. The summed E-state index contributed by atoms with van der Waals surface area (Å²) in [6, 6.07) is 0. The van der Waals surface area contributed by atoms with Gasteiger partial charge in [-0.3, -0.25) is 0 Å². The van der Waals surface area contributed by atoms with Crippen molar-refractivity contribution in [1.82, 2.24) is 5.32 Å². The third-order valence-electron chi connectivity index (χ3n) is 1.18. The van der Waals surface area contributed by atoms with E-state index in [4.69, 9.17) is 5.11 Å². The maximum atomic E-state index is 10.0. The number of nitrogens with one attached hydrogen (secondary N) is 1. The Bertz CT molecular complexity index is 180. The Balaban J connectivity index is 3.07. The number of aliphatic carboxylic acids is 1. The summed E-state index contributed by atoms with van der Waals surface area (Å²) in [7, 11) is 0. The van der Waals surface area contributed by atoms with Gasteiger partial charge in [0.25, 0.3) is 0 Å². The van der Waals surface area contributed by atoms with Crippen molar-refractivity contribution >= 4 is 17.7 Å². The van der Waals surface area contributed by atoms with E-state index in [9.17, 15) is 4.79 Å². The molecular weight excluding hydrogens is 186 g/mol. The third kappa shape index (κ3) is 11.3. The van der Waals surface area contributed by atoms with Gasteiger partial charge < -0.3 is 10.4 Å². The third-order valence-corrected chi connectivity index (χ3v) is 2.15. The van der Waals surface area contributed by atoms with Gasteiger partial charge in [-0.05, 0) is 0 Å². The molecule has 0 aromatic heterocycles. The molecule has 0 unspecified atom stereocenters. The molecule has 74 valence electrons. The number of hydrogen-bond donors (Lipinski definition) is 2. The molecule has 0 fully saturated rings. The normalized spacial score (nSPS) is 10.5. The molecule has 0 amide bonds. The summed E-state index contributed by atoms with van der Waals surface area (Å²) in [5.41, 5.74) is 0. The first kappa shape index (κ1) is 12.3. The van der Waals surface area contributed by atoms with Crippen LogP contribution in [0.15, 0.2) is 24.8 Å². The van der Waals surface area contributed by atoms with Crippen LogP contribution in [0.1, 0.15) is 0 Å². The molecule has 0 radical (unpaired) electrons. The Hall–Kier alpha value is -0.740. The zero-order chi connectivity index (χ0) is 9.94. The predicted molar refractivity (Wildman–Crippen MR) is 57.2 cm³/mol. The fourth-order valence-electron chi connectivity index (χ4n) is 0.656. The summed E-state index contributed by atoms with van der Waals surface area (Å²) in [6.07, 6.45) is 4.61. The SMILES string of the molecule is C=CCSCCNC/C=C/C(=O)O.